The van der Waals surface area contributed by atoms with E-state index in [9.17, 15) is 14.4 Å². The van der Waals surface area contributed by atoms with Crippen molar-refractivity contribution in [3.63, 3.8) is 0 Å². The smallest absolute Gasteiger partial charge is 0.269 e. The number of rotatable bonds is 6. The summed E-state index contributed by atoms with van der Waals surface area (Å²) < 4.78 is 0. The topological polar surface area (TPSA) is 87.3 Å². The van der Waals surface area contributed by atoms with Crippen LogP contribution in [-0.2, 0) is 16.0 Å². The number of aryl methyl sites for hydroxylation is 1. The van der Waals surface area contributed by atoms with Crippen LogP contribution in [-0.4, -0.2) is 23.8 Å². The Balaban J connectivity index is 1.79. The fraction of sp³-hybridized carbons (Fsp3) is 0.190. The van der Waals surface area contributed by atoms with Crippen LogP contribution < -0.4 is 16.2 Å². The van der Waals surface area contributed by atoms with Crippen molar-refractivity contribution in [1.82, 2.24) is 16.2 Å². The predicted octanol–water partition coefficient (Wildman–Crippen LogP) is 2.23. The first-order valence-electron chi connectivity index (χ1n) is 8.72. The van der Waals surface area contributed by atoms with Crippen LogP contribution in [0.1, 0.15) is 35.3 Å². The highest BCUT2D eigenvalue weighted by molar-refractivity contribution is 5.97. The van der Waals surface area contributed by atoms with Gasteiger partial charge >= 0.3 is 0 Å². The van der Waals surface area contributed by atoms with E-state index >= 15 is 0 Å². The lowest BCUT2D eigenvalue weighted by Crippen LogP contribution is -2.50. The second-order valence-electron chi connectivity index (χ2n) is 5.97. The Bertz CT molecular complexity index is 814. The third-order valence-corrected chi connectivity index (χ3v) is 3.90. The molecule has 0 aromatic heterocycles. The lowest BCUT2D eigenvalue weighted by molar-refractivity contribution is -0.127. The Hall–Kier alpha value is -3.41. The lowest BCUT2D eigenvalue weighted by atomic mass is 10.1. The number of carbonyl (C=O) groups excluding carboxylic acids is 3. The molecular weight excluding hydrogens is 342 g/mol. The average molecular weight is 365 g/mol. The molecule has 2 aromatic carbocycles. The first kappa shape index (κ1) is 19.9. The summed E-state index contributed by atoms with van der Waals surface area (Å²) in [6.45, 7) is 3.56. The van der Waals surface area contributed by atoms with Gasteiger partial charge in [0.25, 0.3) is 11.8 Å². The van der Waals surface area contributed by atoms with E-state index in [1.54, 1.807) is 18.2 Å². The van der Waals surface area contributed by atoms with E-state index in [1.807, 2.05) is 49.4 Å². The highest BCUT2D eigenvalue weighted by atomic mass is 16.2. The van der Waals surface area contributed by atoms with Crippen molar-refractivity contribution >= 4 is 23.8 Å². The molecule has 0 saturated heterocycles. The summed E-state index contributed by atoms with van der Waals surface area (Å²) >= 11 is 0. The molecule has 0 spiro atoms. The van der Waals surface area contributed by atoms with E-state index in [0.717, 1.165) is 17.5 Å². The highest BCUT2D eigenvalue weighted by Gasteiger charge is 2.15. The van der Waals surface area contributed by atoms with E-state index in [4.69, 9.17) is 0 Å². The normalized spacial score (nSPS) is 11.6. The zero-order valence-corrected chi connectivity index (χ0v) is 15.4. The standard InChI is InChI=1S/C21H23N3O3/c1-3-16-9-12-18(13-10-16)21(27)24-23-20(26)15(2)22-19(25)14-11-17-7-5-4-6-8-17/h4-15H,3H2,1-2H3,(H,22,25)(H,23,26)(H,24,27)/b14-11+. The van der Waals surface area contributed by atoms with Crippen LogP contribution in [0.2, 0.25) is 0 Å². The molecule has 1 unspecified atom stereocenters. The quantitative estimate of drug-likeness (QED) is 0.542. The van der Waals surface area contributed by atoms with E-state index in [2.05, 4.69) is 16.2 Å². The first-order valence-corrected chi connectivity index (χ1v) is 8.72. The number of benzene rings is 2. The van der Waals surface area contributed by atoms with Gasteiger partial charge in [0.1, 0.15) is 6.04 Å². The molecule has 0 aliphatic heterocycles. The number of hydrogen-bond acceptors (Lipinski definition) is 3. The number of hydrazine groups is 1. The van der Waals surface area contributed by atoms with Crippen LogP contribution in [0, 0.1) is 0 Å². The molecule has 3 N–H and O–H groups in total. The Kier molecular flexibility index (Phi) is 7.31. The second kappa shape index (κ2) is 9.91. The number of nitrogens with one attached hydrogen (secondary N) is 3. The zero-order chi connectivity index (χ0) is 19.6. The Labute approximate surface area is 158 Å². The second-order valence-corrected chi connectivity index (χ2v) is 5.97. The van der Waals surface area contributed by atoms with E-state index < -0.39 is 23.8 Å². The summed E-state index contributed by atoms with van der Waals surface area (Å²) in [6, 6.07) is 15.7. The Morgan fingerprint density at radius 1 is 0.963 bits per heavy atom. The molecular formula is C21H23N3O3. The van der Waals surface area contributed by atoms with Crippen molar-refractivity contribution in [3.8, 4) is 0 Å². The maximum absolute atomic E-state index is 12.0. The minimum absolute atomic E-state index is 0.400. The molecule has 0 saturated carbocycles. The van der Waals surface area contributed by atoms with E-state index in [0.29, 0.717) is 5.56 Å². The molecule has 27 heavy (non-hydrogen) atoms. The first-order chi connectivity index (χ1) is 13.0. The minimum Gasteiger partial charge on any atom is -0.341 e. The molecule has 0 fully saturated rings. The third kappa shape index (κ3) is 6.43. The fourth-order valence-corrected chi connectivity index (χ4v) is 2.25. The Morgan fingerprint density at radius 2 is 1.63 bits per heavy atom. The van der Waals surface area contributed by atoms with Gasteiger partial charge < -0.3 is 5.32 Å². The fourth-order valence-electron chi connectivity index (χ4n) is 2.25. The molecule has 0 aliphatic rings. The molecule has 0 aliphatic carbocycles. The zero-order valence-electron chi connectivity index (χ0n) is 15.4. The maximum atomic E-state index is 12.0. The molecule has 2 rings (SSSR count). The van der Waals surface area contributed by atoms with Gasteiger partial charge in [0, 0.05) is 11.6 Å². The molecule has 3 amide bonds. The van der Waals surface area contributed by atoms with Crippen LogP contribution in [0.15, 0.2) is 60.7 Å². The SMILES string of the molecule is CCc1ccc(C(=O)NNC(=O)C(C)NC(=O)/C=C/c2ccccc2)cc1. The summed E-state index contributed by atoms with van der Waals surface area (Å²) in [5, 5.41) is 2.54. The van der Waals surface area contributed by atoms with Gasteiger partial charge in [-0.15, -0.1) is 0 Å². The molecule has 140 valence electrons. The van der Waals surface area contributed by atoms with Crippen LogP contribution >= 0.6 is 0 Å². The summed E-state index contributed by atoms with van der Waals surface area (Å²) in [5.74, 6) is -1.34. The summed E-state index contributed by atoms with van der Waals surface area (Å²) in [5.41, 5.74) is 7.09. The van der Waals surface area contributed by atoms with Gasteiger partial charge in [0.2, 0.25) is 5.91 Å². The monoisotopic (exact) mass is 365 g/mol. The average Bonchev–Trinajstić information content (AvgIpc) is 2.71. The van der Waals surface area contributed by atoms with Crippen molar-refractivity contribution in [2.24, 2.45) is 0 Å². The number of carbonyl (C=O) groups is 3. The maximum Gasteiger partial charge on any atom is 0.269 e. The van der Waals surface area contributed by atoms with Crippen LogP contribution in [0.25, 0.3) is 6.08 Å². The molecule has 1 atom stereocenters. The van der Waals surface area contributed by atoms with E-state index in [1.165, 1.54) is 13.0 Å². The molecule has 6 heteroatoms. The predicted molar refractivity (Wildman–Crippen MR) is 105 cm³/mol. The van der Waals surface area contributed by atoms with Gasteiger partial charge in [-0.25, -0.2) is 0 Å². The number of amides is 3. The van der Waals surface area contributed by atoms with Crippen LogP contribution in [0.3, 0.4) is 0 Å². The van der Waals surface area contributed by atoms with Gasteiger partial charge in [-0.1, -0.05) is 49.4 Å². The lowest BCUT2D eigenvalue weighted by Gasteiger charge is -2.13. The van der Waals surface area contributed by atoms with Crippen molar-refractivity contribution in [1.29, 1.82) is 0 Å². The number of hydrogen-bond donors (Lipinski definition) is 3. The van der Waals surface area contributed by atoms with Crippen molar-refractivity contribution < 1.29 is 14.4 Å². The molecule has 0 heterocycles. The Morgan fingerprint density at radius 3 is 2.26 bits per heavy atom. The summed E-state index contributed by atoms with van der Waals surface area (Å²) in [7, 11) is 0. The van der Waals surface area contributed by atoms with E-state index in [-0.39, 0.29) is 0 Å². The van der Waals surface area contributed by atoms with Crippen LogP contribution in [0.5, 0.6) is 0 Å². The summed E-state index contributed by atoms with van der Waals surface area (Å²) in [6.07, 6.45) is 3.89. The third-order valence-electron chi connectivity index (χ3n) is 3.90. The van der Waals surface area contributed by atoms with Gasteiger partial charge in [-0.2, -0.15) is 0 Å². The van der Waals surface area contributed by atoms with Crippen LogP contribution in [0.4, 0.5) is 0 Å². The van der Waals surface area contributed by atoms with Crippen molar-refractivity contribution in [2.45, 2.75) is 26.3 Å². The van der Waals surface area contributed by atoms with Gasteiger partial charge in [-0.05, 0) is 42.7 Å². The van der Waals surface area contributed by atoms with Crippen molar-refractivity contribution in [3.05, 3.63) is 77.4 Å². The van der Waals surface area contributed by atoms with Crippen molar-refractivity contribution in [2.75, 3.05) is 0 Å². The summed E-state index contributed by atoms with van der Waals surface area (Å²) in [4.78, 5) is 35.9. The van der Waals surface area contributed by atoms with Gasteiger partial charge in [0.05, 0.1) is 0 Å². The molecule has 2 aromatic rings. The molecule has 0 radical (unpaired) electrons. The molecule has 0 bridgehead atoms. The van der Waals surface area contributed by atoms with Gasteiger partial charge in [-0.3, -0.25) is 25.2 Å². The minimum atomic E-state index is -0.805. The molecule has 6 nitrogen and oxygen atoms in total. The van der Waals surface area contributed by atoms with Gasteiger partial charge in [0.15, 0.2) is 0 Å². The highest BCUT2D eigenvalue weighted by Crippen LogP contribution is 2.04. The largest absolute Gasteiger partial charge is 0.341 e.